The number of pyridine rings is 1. The van der Waals surface area contributed by atoms with Crippen molar-refractivity contribution in [1.29, 1.82) is 0 Å². The Hall–Kier alpha value is -1.66. The van der Waals surface area contributed by atoms with E-state index in [1.165, 1.54) is 39.2 Å². The number of aromatic nitrogens is 1. The van der Waals surface area contributed by atoms with E-state index in [4.69, 9.17) is 4.74 Å². The molecule has 0 radical (unpaired) electrons. The van der Waals surface area contributed by atoms with Crippen molar-refractivity contribution in [2.45, 2.75) is 50.7 Å². The van der Waals surface area contributed by atoms with Crippen molar-refractivity contribution in [3.8, 4) is 0 Å². The Labute approximate surface area is 153 Å². The smallest absolute Gasteiger partial charge is 0.323 e. The number of likely N-dealkylation sites (tertiary alicyclic amines) is 1. The number of hydrogen-bond acceptors (Lipinski definition) is 5. The maximum Gasteiger partial charge on any atom is 0.323 e. The monoisotopic (exact) mass is 360 g/mol. The van der Waals surface area contributed by atoms with E-state index in [1.54, 1.807) is 12.1 Å². The summed E-state index contributed by atoms with van der Waals surface area (Å²) in [6.45, 7) is 1.34. The first kappa shape index (κ1) is 17.7. The average molecular weight is 360 g/mol. The Kier molecular flexibility index (Phi) is 4.88. The molecule has 2 aliphatic heterocycles. The molecule has 1 saturated carbocycles. The molecule has 3 heterocycles. The van der Waals surface area contributed by atoms with Gasteiger partial charge in [-0.15, -0.1) is 0 Å². The van der Waals surface area contributed by atoms with Gasteiger partial charge in [-0.3, -0.25) is 14.5 Å². The Morgan fingerprint density at radius 2 is 2.04 bits per heavy atom. The lowest BCUT2D eigenvalue weighted by atomic mass is 9.88. The molecular formula is C20H28N2O4. The fourth-order valence-electron chi connectivity index (χ4n) is 5.52. The molecule has 1 aromatic rings. The fraction of sp³-hybridized carbons (Fsp3) is 0.700. The molecule has 1 saturated heterocycles. The van der Waals surface area contributed by atoms with Gasteiger partial charge in [-0.1, -0.05) is 25.3 Å². The summed E-state index contributed by atoms with van der Waals surface area (Å²) in [6.07, 6.45) is 6.16. The van der Waals surface area contributed by atoms with Gasteiger partial charge in [0.25, 0.3) is 5.56 Å². The van der Waals surface area contributed by atoms with E-state index in [0.717, 1.165) is 12.2 Å². The van der Waals surface area contributed by atoms with Gasteiger partial charge in [0, 0.05) is 43.3 Å². The molecule has 1 aliphatic carbocycles. The average Bonchev–Trinajstić information content (AvgIpc) is 3.18. The second-order valence-electron chi connectivity index (χ2n) is 8.02. The van der Waals surface area contributed by atoms with E-state index >= 15 is 0 Å². The topological polar surface area (TPSA) is 71.8 Å². The molecule has 6 heteroatoms. The predicted molar refractivity (Wildman–Crippen MR) is 96.6 cm³/mol. The summed E-state index contributed by atoms with van der Waals surface area (Å²) in [5.41, 5.74) is 0.976. The molecule has 1 aromatic heterocycles. The summed E-state index contributed by atoms with van der Waals surface area (Å²) < 4.78 is 6.92. The number of nitrogens with zero attached hydrogens (tertiary/aromatic N) is 2. The number of carbonyl (C=O) groups is 1. The van der Waals surface area contributed by atoms with Crippen LogP contribution in [-0.2, 0) is 16.1 Å². The number of methoxy groups -OCH3 is 1. The number of carbonyl (C=O) groups excluding carboxylic acids is 1. The van der Waals surface area contributed by atoms with Gasteiger partial charge >= 0.3 is 5.97 Å². The zero-order valence-electron chi connectivity index (χ0n) is 15.3. The molecule has 0 bridgehead atoms. The van der Waals surface area contributed by atoms with E-state index in [0.29, 0.717) is 12.5 Å². The third-order valence-corrected chi connectivity index (χ3v) is 6.70. The first-order valence-corrected chi connectivity index (χ1v) is 9.80. The van der Waals surface area contributed by atoms with Gasteiger partial charge in [0.05, 0.1) is 13.2 Å². The number of hydrogen-bond donors (Lipinski definition) is 1. The summed E-state index contributed by atoms with van der Waals surface area (Å²) in [6, 6.07) is 4.96. The Balaban J connectivity index is 1.72. The van der Waals surface area contributed by atoms with Crippen molar-refractivity contribution >= 4 is 5.97 Å². The normalized spacial score (nSPS) is 31.6. The third-order valence-electron chi connectivity index (χ3n) is 6.70. The summed E-state index contributed by atoms with van der Waals surface area (Å²) in [5.74, 6) is 0.177. The standard InChI is InChI=1S/C20H28N2O4/c1-26-20(25)19-15(12-23)14-11-21-16(8-5-9-17(21)24)18(14)22(19)10-13-6-3-2-4-7-13/h5,8-9,13-15,18-19,23H,2-4,6-7,10-12H2,1H3/t14-,15-,18+,19-/m1/s1. The van der Waals surface area contributed by atoms with Crippen LogP contribution in [0.15, 0.2) is 23.0 Å². The zero-order valence-corrected chi connectivity index (χ0v) is 15.3. The van der Waals surface area contributed by atoms with Gasteiger partial charge in [0.1, 0.15) is 6.04 Å². The van der Waals surface area contributed by atoms with Gasteiger partial charge in [-0.2, -0.15) is 0 Å². The molecule has 0 spiro atoms. The van der Waals surface area contributed by atoms with Crippen molar-refractivity contribution < 1.29 is 14.6 Å². The lowest BCUT2D eigenvalue weighted by Crippen LogP contribution is -2.45. The molecule has 0 aromatic carbocycles. The summed E-state index contributed by atoms with van der Waals surface area (Å²) in [5, 5.41) is 10.1. The number of aliphatic hydroxyl groups is 1. The van der Waals surface area contributed by atoms with Crippen LogP contribution in [0.1, 0.15) is 43.8 Å². The van der Waals surface area contributed by atoms with Crippen molar-refractivity contribution in [2.75, 3.05) is 20.3 Å². The summed E-state index contributed by atoms with van der Waals surface area (Å²) in [4.78, 5) is 27.1. The highest BCUT2D eigenvalue weighted by atomic mass is 16.5. The number of ether oxygens (including phenoxy) is 1. The van der Waals surface area contributed by atoms with Crippen LogP contribution in [0, 0.1) is 17.8 Å². The predicted octanol–water partition coefficient (Wildman–Crippen LogP) is 1.57. The largest absolute Gasteiger partial charge is 0.468 e. The molecule has 26 heavy (non-hydrogen) atoms. The first-order valence-electron chi connectivity index (χ1n) is 9.80. The van der Waals surface area contributed by atoms with Gasteiger partial charge in [-0.05, 0) is 24.8 Å². The van der Waals surface area contributed by atoms with E-state index in [1.807, 2.05) is 10.6 Å². The number of aliphatic hydroxyl groups excluding tert-OH is 1. The minimum Gasteiger partial charge on any atom is -0.468 e. The van der Waals surface area contributed by atoms with Crippen molar-refractivity contribution in [2.24, 2.45) is 17.8 Å². The van der Waals surface area contributed by atoms with Crippen LogP contribution in [0.25, 0.3) is 0 Å². The number of rotatable bonds is 4. The van der Waals surface area contributed by atoms with E-state index < -0.39 is 6.04 Å². The second kappa shape index (κ2) is 7.16. The third kappa shape index (κ3) is 2.79. The van der Waals surface area contributed by atoms with E-state index in [9.17, 15) is 14.7 Å². The minimum atomic E-state index is -0.425. The molecule has 4 rings (SSSR count). The molecule has 0 unspecified atom stereocenters. The molecule has 0 amide bonds. The molecule has 142 valence electrons. The van der Waals surface area contributed by atoms with Crippen LogP contribution in [0.4, 0.5) is 0 Å². The van der Waals surface area contributed by atoms with Crippen molar-refractivity contribution in [3.63, 3.8) is 0 Å². The Morgan fingerprint density at radius 3 is 2.73 bits per heavy atom. The second-order valence-corrected chi connectivity index (χ2v) is 8.02. The quantitative estimate of drug-likeness (QED) is 0.825. The van der Waals surface area contributed by atoms with Gasteiger partial charge in [0.2, 0.25) is 0 Å². The Bertz CT molecular complexity index is 725. The molecular weight excluding hydrogens is 332 g/mol. The minimum absolute atomic E-state index is 0.000763. The van der Waals surface area contributed by atoms with Crippen LogP contribution in [0.3, 0.4) is 0 Å². The van der Waals surface area contributed by atoms with Gasteiger partial charge < -0.3 is 14.4 Å². The lowest BCUT2D eigenvalue weighted by Gasteiger charge is -2.34. The fourth-order valence-corrected chi connectivity index (χ4v) is 5.52. The maximum atomic E-state index is 12.6. The summed E-state index contributed by atoms with van der Waals surface area (Å²) >= 11 is 0. The highest BCUT2D eigenvalue weighted by Crippen LogP contribution is 2.49. The highest BCUT2D eigenvalue weighted by Gasteiger charge is 2.56. The first-order chi connectivity index (χ1) is 12.7. The van der Waals surface area contributed by atoms with Crippen molar-refractivity contribution in [3.05, 3.63) is 34.2 Å². The number of fused-ring (bicyclic) bond motifs is 3. The molecule has 2 fully saturated rings. The SMILES string of the molecule is COC(=O)[C@H]1[C@H](CO)[C@H]2Cn3c(cccc3=O)[C@H]2N1CC1CCCCC1. The van der Waals surface area contributed by atoms with Crippen LogP contribution < -0.4 is 5.56 Å². The lowest BCUT2D eigenvalue weighted by molar-refractivity contribution is -0.148. The summed E-state index contributed by atoms with van der Waals surface area (Å²) in [7, 11) is 1.42. The van der Waals surface area contributed by atoms with Crippen LogP contribution >= 0.6 is 0 Å². The van der Waals surface area contributed by atoms with E-state index in [2.05, 4.69) is 4.90 Å². The molecule has 3 aliphatic rings. The zero-order chi connectivity index (χ0) is 18.3. The van der Waals surface area contributed by atoms with Gasteiger partial charge in [0.15, 0.2) is 0 Å². The van der Waals surface area contributed by atoms with Gasteiger partial charge in [-0.25, -0.2) is 0 Å². The highest BCUT2D eigenvalue weighted by molar-refractivity contribution is 5.77. The molecule has 6 nitrogen and oxygen atoms in total. The maximum absolute atomic E-state index is 12.6. The number of esters is 1. The molecule has 1 N–H and O–H groups in total. The molecule has 4 atom stereocenters. The Morgan fingerprint density at radius 1 is 1.27 bits per heavy atom. The van der Waals surface area contributed by atoms with Crippen LogP contribution in [0.2, 0.25) is 0 Å². The van der Waals surface area contributed by atoms with Crippen molar-refractivity contribution in [1.82, 2.24) is 9.47 Å². The van der Waals surface area contributed by atoms with Crippen LogP contribution in [0.5, 0.6) is 0 Å². The van der Waals surface area contributed by atoms with Crippen LogP contribution in [-0.4, -0.2) is 46.8 Å². The van der Waals surface area contributed by atoms with E-state index in [-0.39, 0.29) is 36.0 Å².